The third-order valence-corrected chi connectivity index (χ3v) is 3.45. The average Bonchev–Trinajstić information content (AvgIpc) is 2.37. The van der Waals surface area contributed by atoms with E-state index >= 15 is 0 Å². The Morgan fingerprint density at radius 2 is 1.55 bits per heavy atom. The van der Waals surface area contributed by atoms with E-state index in [1.165, 1.54) is 0 Å². The largest absolute Gasteiger partial charge is 0.380 e. The Hall–Kier alpha value is -0.893. The van der Waals surface area contributed by atoms with Crippen LogP contribution in [-0.2, 0) is 20.3 Å². The van der Waals surface area contributed by atoms with E-state index in [4.69, 9.17) is 13.9 Å². The lowest BCUT2D eigenvalue weighted by Crippen LogP contribution is -2.39. The van der Waals surface area contributed by atoms with Crippen LogP contribution in [0.3, 0.4) is 0 Å². The molecule has 0 bridgehead atoms. The molecule has 20 heavy (non-hydrogen) atoms. The van der Waals surface area contributed by atoms with Gasteiger partial charge in [0.1, 0.15) is 17.5 Å². The Labute approximate surface area is 119 Å². The van der Waals surface area contributed by atoms with Crippen molar-refractivity contribution in [3.05, 3.63) is 35.1 Å². The maximum atomic E-state index is 13.6. The van der Waals surface area contributed by atoms with Crippen molar-refractivity contribution in [1.82, 2.24) is 0 Å². The van der Waals surface area contributed by atoms with Gasteiger partial charge in [-0.2, -0.15) is 0 Å². The zero-order valence-corrected chi connectivity index (χ0v) is 13.8. The minimum Gasteiger partial charge on any atom is -0.380 e. The summed E-state index contributed by atoms with van der Waals surface area (Å²) in [5.74, 6) is -4.07. The second-order valence-corrected chi connectivity index (χ2v) is 4.51. The van der Waals surface area contributed by atoms with Gasteiger partial charge in [0.25, 0.3) is 5.97 Å². The fourth-order valence-corrected chi connectivity index (χ4v) is 2.37. The molecule has 0 aliphatic heterocycles. The van der Waals surface area contributed by atoms with Gasteiger partial charge in [-0.1, -0.05) is 0 Å². The summed E-state index contributed by atoms with van der Waals surface area (Å²) >= 11 is 0. The summed E-state index contributed by atoms with van der Waals surface area (Å²) in [4.78, 5) is 0. The molecule has 0 unspecified atom stereocenters. The van der Waals surface area contributed by atoms with Crippen LogP contribution in [0.5, 0.6) is 0 Å². The number of halogens is 3. The predicted octanol–water partition coefficient (Wildman–Crippen LogP) is 2.06. The van der Waals surface area contributed by atoms with Gasteiger partial charge < -0.3 is 13.9 Å². The molecule has 0 spiro atoms. The van der Waals surface area contributed by atoms with E-state index in [2.05, 4.69) is 0 Å². The first-order valence-corrected chi connectivity index (χ1v) is 7.26. The number of hydrogen-bond acceptors (Lipinski definition) is 3. The number of rotatable bonds is 8. The fraction of sp³-hybridized carbons (Fsp3) is 0.538. The molecule has 0 aliphatic carbocycles. The number of benzene rings is 1. The minimum atomic E-state index is -1.29. The van der Waals surface area contributed by atoms with Crippen molar-refractivity contribution in [1.29, 1.82) is 0 Å². The summed E-state index contributed by atoms with van der Waals surface area (Å²) in [6.07, 6.45) is 0.109. The molecule has 0 heterocycles. The molecule has 3 nitrogen and oxygen atoms in total. The topological polar surface area (TPSA) is 27.7 Å². The van der Waals surface area contributed by atoms with E-state index < -0.39 is 23.4 Å². The van der Waals surface area contributed by atoms with Crippen LogP contribution < -0.4 is 0 Å². The second-order valence-electron chi connectivity index (χ2n) is 4.10. The van der Waals surface area contributed by atoms with Crippen LogP contribution >= 0.6 is 0 Å². The highest BCUT2D eigenvalue weighted by Gasteiger charge is 2.31. The van der Waals surface area contributed by atoms with Crippen molar-refractivity contribution in [2.45, 2.75) is 32.7 Å². The molecule has 7 heteroatoms. The number of hydrogen-bond donors (Lipinski definition) is 0. The van der Waals surface area contributed by atoms with Crippen LogP contribution in [0.15, 0.2) is 12.1 Å². The van der Waals surface area contributed by atoms with E-state index in [1.54, 1.807) is 13.8 Å². The first-order valence-electron chi connectivity index (χ1n) is 6.44. The highest BCUT2D eigenvalue weighted by molar-refractivity contribution is 5.98. The molecule has 0 radical (unpaired) electrons. The monoisotopic (exact) mass is 308 g/mol. The summed E-state index contributed by atoms with van der Waals surface area (Å²) < 4.78 is 56.1. The molecule has 0 N–H and O–H groups in total. The van der Waals surface area contributed by atoms with Gasteiger partial charge in [0.05, 0.1) is 0 Å². The lowest BCUT2D eigenvalue weighted by molar-refractivity contribution is -0.343. The van der Waals surface area contributed by atoms with Crippen molar-refractivity contribution in [2.24, 2.45) is 0 Å². The molecule has 0 saturated carbocycles. The third-order valence-electron chi connectivity index (χ3n) is 2.83. The zero-order valence-electron chi connectivity index (χ0n) is 11.8. The Morgan fingerprint density at radius 3 is 1.95 bits per heavy atom. The smallest absolute Gasteiger partial charge is 0.272 e. The summed E-state index contributed by atoms with van der Waals surface area (Å²) in [6.45, 7) is 4.23. The van der Waals surface area contributed by atoms with Gasteiger partial charge in [-0.15, -0.1) is 0 Å². The Morgan fingerprint density at radius 1 is 1.05 bits per heavy atom. The van der Waals surface area contributed by atoms with Crippen molar-refractivity contribution in [2.75, 3.05) is 13.2 Å². The zero-order chi connectivity index (χ0) is 15.2. The Bertz CT molecular complexity index is 414. The molecule has 1 aromatic rings. The first kappa shape index (κ1) is 17.2. The molecule has 1 rings (SSSR count). The molecule has 1 aromatic carbocycles. The lowest BCUT2D eigenvalue weighted by atomic mass is 10.1. The van der Waals surface area contributed by atoms with Crippen LogP contribution in [0.4, 0.5) is 13.2 Å². The summed E-state index contributed by atoms with van der Waals surface area (Å²) in [7, 11) is 0.348. The van der Waals surface area contributed by atoms with Crippen molar-refractivity contribution < 1.29 is 27.1 Å². The van der Waals surface area contributed by atoms with E-state index in [1.807, 2.05) is 0 Å². The minimum absolute atomic E-state index is 0.0137. The van der Waals surface area contributed by atoms with Crippen LogP contribution in [-0.4, -0.2) is 29.7 Å². The maximum absolute atomic E-state index is 13.6. The van der Waals surface area contributed by atoms with Gasteiger partial charge in [0.15, 0.2) is 10.5 Å². The van der Waals surface area contributed by atoms with Crippen LogP contribution in [0.1, 0.15) is 25.8 Å². The van der Waals surface area contributed by atoms with Gasteiger partial charge in [-0.05, 0) is 20.3 Å². The fourth-order valence-electron chi connectivity index (χ4n) is 1.93. The summed E-state index contributed by atoms with van der Waals surface area (Å²) in [5, 5.41) is 0. The van der Waals surface area contributed by atoms with Crippen LogP contribution in [0.2, 0.25) is 0 Å². The van der Waals surface area contributed by atoms with E-state index in [0.717, 1.165) is 0 Å². The molecule has 114 valence electrons. The Kier molecular flexibility index (Phi) is 6.67. The summed E-state index contributed by atoms with van der Waals surface area (Å²) in [5.41, 5.74) is -0.200. The van der Waals surface area contributed by atoms with Gasteiger partial charge >= 0.3 is 0 Å². The molecular weight excluding hydrogens is 289 g/mol. The SMILES string of the molecule is CCOC(CCc1c(F)cc(F)cc1F)(O[SiH3])OCC. The Balaban J connectivity index is 2.87. The summed E-state index contributed by atoms with van der Waals surface area (Å²) in [6, 6.07) is 1.31. The van der Waals surface area contributed by atoms with E-state index in [0.29, 0.717) is 35.8 Å². The normalized spacial score (nSPS) is 12.1. The lowest BCUT2D eigenvalue weighted by Gasteiger charge is -2.32. The maximum Gasteiger partial charge on any atom is 0.272 e. The third kappa shape index (κ3) is 4.31. The molecule has 0 aromatic heterocycles. The second kappa shape index (κ2) is 7.77. The highest BCUT2D eigenvalue weighted by Crippen LogP contribution is 2.24. The van der Waals surface area contributed by atoms with Gasteiger partial charge in [0.2, 0.25) is 0 Å². The molecule has 0 fully saturated rings. The quantitative estimate of drug-likeness (QED) is 0.543. The highest BCUT2D eigenvalue weighted by atomic mass is 28.2. The average molecular weight is 308 g/mol. The van der Waals surface area contributed by atoms with Crippen molar-refractivity contribution >= 4 is 10.5 Å². The van der Waals surface area contributed by atoms with Crippen molar-refractivity contribution in [3.63, 3.8) is 0 Å². The molecule has 0 amide bonds. The van der Waals surface area contributed by atoms with Gasteiger partial charge in [0, 0.05) is 37.3 Å². The molecular formula is C13H19F3O3Si. The van der Waals surface area contributed by atoms with E-state index in [9.17, 15) is 13.2 Å². The molecule has 0 saturated heterocycles. The standard InChI is InChI=1S/C13H19F3O3Si/c1-3-17-13(19-20,18-4-2)6-5-10-11(15)7-9(14)8-12(10)16/h7-8H,3-6H2,1-2,20H3. The van der Waals surface area contributed by atoms with Crippen LogP contribution in [0.25, 0.3) is 0 Å². The van der Waals surface area contributed by atoms with Gasteiger partial charge in [-0.3, -0.25) is 0 Å². The number of ether oxygens (including phenoxy) is 2. The predicted molar refractivity (Wildman–Crippen MR) is 71.6 cm³/mol. The van der Waals surface area contributed by atoms with Crippen LogP contribution in [0, 0.1) is 17.5 Å². The van der Waals surface area contributed by atoms with Crippen molar-refractivity contribution in [3.8, 4) is 0 Å². The van der Waals surface area contributed by atoms with Gasteiger partial charge in [-0.25, -0.2) is 13.2 Å². The molecule has 0 atom stereocenters. The van der Waals surface area contributed by atoms with E-state index in [-0.39, 0.29) is 18.4 Å². The molecule has 0 aliphatic rings. The first-order chi connectivity index (χ1) is 9.48.